The summed E-state index contributed by atoms with van der Waals surface area (Å²) in [5, 5.41) is 11.9. The molecule has 0 radical (unpaired) electrons. The summed E-state index contributed by atoms with van der Waals surface area (Å²) in [6.45, 7) is 2.52. The molecule has 0 atom stereocenters. The van der Waals surface area contributed by atoms with Gasteiger partial charge in [0.05, 0.1) is 11.4 Å². The second kappa shape index (κ2) is 7.94. The maximum absolute atomic E-state index is 12.6. The number of nitrogens with zero attached hydrogens (tertiary/aromatic N) is 3. The van der Waals surface area contributed by atoms with Gasteiger partial charge in [-0.25, -0.2) is 4.68 Å². The summed E-state index contributed by atoms with van der Waals surface area (Å²) in [4.78, 5) is 12.6. The SMILES string of the molecule is CCCc1c(C(=O)NCc2ccccc2)nnn1-c1ccc(Cl)cc1. The Morgan fingerprint density at radius 3 is 2.52 bits per heavy atom. The quantitative estimate of drug-likeness (QED) is 0.732. The van der Waals surface area contributed by atoms with Gasteiger partial charge in [-0.2, -0.15) is 0 Å². The standard InChI is InChI=1S/C19H19ClN4O/c1-2-6-17-18(19(25)21-13-14-7-4-3-5-8-14)22-23-24(17)16-11-9-15(20)10-12-16/h3-5,7-12H,2,6,13H2,1H3,(H,21,25). The molecule has 25 heavy (non-hydrogen) atoms. The minimum Gasteiger partial charge on any atom is -0.347 e. The molecule has 1 N–H and O–H groups in total. The van der Waals surface area contributed by atoms with Crippen LogP contribution in [0.1, 0.15) is 35.1 Å². The molecule has 128 valence electrons. The maximum atomic E-state index is 12.6. The smallest absolute Gasteiger partial charge is 0.274 e. The Morgan fingerprint density at radius 2 is 1.84 bits per heavy atom. The van der Waals surface area contributed by atoms with Gasteiger partial charge < -0.3 is 5.32 Å². The number of halogens is 1. The van der Waals surface area contributed by atoms with E-state index in [1.807, 2.05) is 42.5 Å². The fourth-order valence-corrected chi connectivity index (χ4v) is 2.72. The summed E-state index contributed by atoms with van der Waals surface area (Å²) in [6.07, 6.45) is 1.60. The first-order chi connectivity index (χ1) is 12.2. The van der Waals surface area contributed by atoms with Gasteiger partial charge in [-0.3, -0.25) is 4.79 Å². The fraction of sp³-hybridized carbons (Fsp3) is 0.211. The van der Waals surface area contributed by atoms with E-state index in [2.05, 4.69) is 22.6 Å². The van der Waals surface area contributed by atoms with Gasteiger partial charge in [0, 0.05) is 11.6 Å². The topological polar surface area (TPSA) is 59.8 Å². The Balaban J connectivity index is 1.83. The molecule has 0 aliphatic rings. The van der Waals surface area contributed by atoms with E-state index in [-0.39, 0.29) is 5.91 Å². The molecule has 1 amide bonds. The number of carbonyl (C=O) groups is 1. The summed E-state index contributed by atoms with van der Waals surface area (Å²) in [7, 11) is 0. The summed E-state index contributed by atoms with van der Waals surface area (Å²) in [5.41, 5.74) is 3.04. The van der Waals surface area contributed by atoms with Gasteiger partial charge in [-0.1, -0.05) is 60.5 Å². The lowest BCUT2D eigenvalue weighted by Crippen LogP contribution is -2.24. The number of amides is 1. The normalized spacial score (nSPS) is 10.6. The fourth-order valence-electron chi connectivity index (χ4n) is 2.59. The van der Waals surface area contributed by atoms with Gasteiger partial charge in [0.15, 0.2) is 5.69 Å². The molecule has 5 nitrogen and oxygen atoms in total. The van der Waals surface area contributed by atoms with Crippen LogP contribution in [0.3, 0.4) is 0 Å². The highest BCUT2D eigenvalue weighted by molar-refractivity contribution is 6.30. The van der Waals surface area contributed by atoms with Gasteiger partial charge in [0.1, 0.15) is 0 Å². The zero-order valence-electron chi connectivity index (χ0n) is 13.9. The van der Waals surface area contributed by atoms with Crippen LogP contribution in [0, 0.1) is 0 Å². The monoisotopic (exact) mass is 354 g/mol. The molecular formula is C19H19ClN4O. The zero-order chi connectivity index (χ0) is 17.6. The van der Waals surface area contributed by atoms with Crippen molar-refractivity contribution in [2.45, 2.75) is 26.3 Å². The Bertz CT molecular complexity index is 844. The Labute approximate surface area is 151 Å². The van der Waals surface area contributed by atoms with E-state index in [0.717, 1.165) is 23.4 Å². The molecule has 0 unspecified atom stereocenters. The number of carbonyl (C=O) groups excluding carboxylic acids is 1. The van der Waals surface area contributed by atoms with Crippen LogP contribution in [0.4, 0.5) is 0 Å². The lowest BCUT2D eigenvalue weighted by Gasteiger charge is -2.08. The molecule has 0 saturated carbocycles. The molecule has 1 aromatic heterocycles. The second-order valence-electron chi connectivity index (χ2n) is 5.69. The van der Waals surface area contributed by atoms with Crippen LogP contribution >= 0.6 is 11.6 Å². The van der Waals surface area contributed by atoms with Crippen LogP contribution in [0.25, 0.3) is 5.69 Å². The van der Waals surface area contributed by atoms with Crippen molar-refractivity contribution in [3.8, 4) is 5.69 Å². The first kappa shape index (κ1) is 17.2. The molecule has 0 bridgehead atoms. The Kier molecular flexibility index (Phi) is 5.46. The summed E-state index contributed by atoms with van der Waals surface area (Å²) in [5.74, 6) is -0.215. The molecular weight excluding hydrogens is 336 g/mol. The van der Waals surface area contributed by atoms with Crippen molar-refractivity contribution >= 4 is 17.5 Å². The third-order valence-corrected chi connectivity index (χ3v) is 4.08. The molecule has 3 rings (SSSR count). The van der Waals surface area contributed by atoms with Crippen molar-refractivity contribution in [3.63, 3.8) is 0 Å². The first-order valence-corrected chi connectivity index (χ1v) is 8.59. The minimum atomic E-state index is -0.215. The summed E-state index contributed by atoms with van der Waals surface area (Å²) < 4.78 is 1.71. The second-order valence-corrected chi connectivity index (χ2v) is 6.13. The van der Waals surface area contributed by atoms with Crippen molar-refractivity contribution in [1.29, 1.82) is 0 Å². The number of nitrogens with one attached hydrogen (secondary N) is 1. The minimum absolute atomic E-state index is 0.215. The highest BCUT2D eigenvalue weighted by atomic mass is 35.5. The number of rotatable bonds is 6. The third kappa shape index (κ3) is 4.06. The molecule has 3 aromatic rings. The van der Waals surface area contributed by atoms with E-state index in [4.69, 9.17) is 11.6 Å². The largest absolute Gasteiger partial charge is 0.347 e. The average molecular weight is 355 g/mol. The summed E-state index contributed by atoms with van der Waals surface area (Å²) in [6, 6.07) is 17.1. The molecule has 0 spiro atoms. The molecule has 0 aliphatic heterocycles. The van der Waals surface area contributed by atoms with E-state index in [9.17, 15) is 4.79 Å². The Hall–Kier alpha value is -2.66. The maximum Gasteiger partial charge on any atom is 0.274 e. The van der Waals surface area contributed by atoms with Crippen molar-refractivity contribution < 1.29 is 4.79 Å². The van der Waals surface area contributed by atoms with Crippen molar-refractivity contribution in [1.82, 2.24) is 20.3 Å². The van der Waals surface area contributed by atoms with E-state index in [1.165, 1.54) is 0 Å². The van der Waals surface area contributed by atoms with Crippen LogP contribution in [0.15, 0.2) is 54.6 Å². The molecule has 2 aromatic carbocycles. The summed E-state index contributed by atoms with van der Waals surface area (Å²) >= 11 is 5.95. The van der Waals surface area contributed by atoms with Gasteiger partial charge in [0.25, 0.3) is 5.91 Å². The van der Waals surface area contributed by atoms with Crippen molar-refractivity contribution in [3.05, 3.63) is 76.6 Å². The number of benzene rings is 2. The van der Waals surface area contributed by atoms with E-state index in [1.54, 1.807) is 16.8 Å². The predicted molar refractivity (Wildman–Crippen MR) is 98.0 cm³/mol. The third-order valence-electron chi connectivity index (χ3n) is 3.83. The number of aromatic nitrogens is 3. The molecule has 1 heterocycles. The van der Waals surface area contributed by atoms with Crippen molar-refractivity contribution in [2.24, 2.45) is 0 Å². The average Bonchev–Trinajstić information content (AvgIpc) is 3.05. The van der Waals surface area contributed by atoms with Crippen LogP contribution in [-0.4, -0.2) is 20.9 Å². The van der Waals surface area contributed by atoms with Crippen LogP contribution in [0.5, 0.6) is 0 Å². The zero-order valence-corrected chi connectivity index (χ0v) is 14.7. The Morgan fingerprint density at radius 1 is 1.12 bits per heavy atom. The van der Waals surface area contributed by atoms with E-state index >= 15 is 0 Å². The molecule has 0 saturated heterocycles. The molecule has 0 fully saturated rings. The lowest BCUT2D eigenvalue weighted by molar-refractivity contribution is 0.0945. The van der Waals surface area contributed by atoms with Crippen LogP contribution in [-0.2, 0) is 13.0 Å². The number of hydrogen-bond donors (Lipinski definition) is 1. The number of hydrogen-bond acceptors (Lipinski definition) is 3. The first-order valence-electron chi connectivity index (χ1n) is 8.21. The van der Waals surface area contributed by atoms with Crippen LogP contribution in [0.2, 0.25) is 5.02 Å². The molecule has 6 heteroatoms. The van der Waals surface area contributed by atoms with E-state index in [0.29, 0.717) is 23.7 Å². The van der Waals surface area contributed by atoms with Gasteiger partial charge >= 0.3 is 0 Å². The van der Waals surface area contributed by atoms with Crippen molar-refractivity contribution in [2.75, 3.05) is 0 Å². The van der Waals surface area contributed by atoms with Gasteiger partial charge in [-0.05, 0) is 36.2 Å². The van der Waals surface area contributed by atoms with Crippen LogP contribution < -0.4 is 5.32 Å². The van der Waals surface area contributed by atoms with Gasteiger partial charge in [0.2, 0.25) is 0 Å². The van der Waals surface area contributed by atoms with E-state index < -0.39 is 0 Å². The highest BCUT2D eigenvalue weighted by Gasteiger charge is 2.19. The van der Waals surface area contributed by atoms with Gasteiger partial charge in [-0.15, -0.1) is 5.10 Å². The predicted octanol–water partition coefficient (Wildman–Crippen LogP) is 3.80. The lowest BCUT2D eigenvalue weighted by atomic mass is 10.1. The highest BCUT2D eigenvalue weighted by Crippen LogP contribution is 2.17. The molecule has 0 aliphatic carbocycles.